The summed E-state index contributed by atoms with van der Waals surface area (Å²) in [7, 11) is 0. The number of hydrogen-bond acceptors (Lipinski definition) is 2. The number of nitrogens with zero attached hydrogens (tertiary/aromatic N) is 1. The Morgan fingerprint density at radius 1 is 1.28 bits per heavy atom. The molecular weight excluding hydrogens is 251 g/mol. The Balaban J connectivity index is 1.99. The Labute approximate surface area is 111 Å². The summed E-state index contributed by atoms with van der Waals surface area (Å²) < 4.78 is 13.5. The number of aromatic nitrogens is 1. The maximum Gasteiger partial charge on any atom is 0.129 e. The second-order valence-electron chi connectivity index (χ2n) is 4.11. The minimum absolute atomic E-state index is 0.276. The highest BCUT2D eigenvalue weighted by Gasteiger charge is 2.06. The van der Waals surface area contributed by atoms with Crippen LogP contribution in [-0.2, 0) is 13.1 Å². The summed E-state index contributed by atoms with van der Waals surface area (Å²) in [5, 5.41) is 3.64. The van der Waals surface area contributed by atoms with Crippen LogP contribution in [0.25, 0.3) is 0 Å². The van der Waals surface area contributed by atoms with Crippen molar-refractivity contribution < 1.29 is 4.39 Å². The zero-order chi connectivity index (χ0) is 13.0. The van der Waals surface area contributed by atoms with Crippen LogP contribution in [0, 0.1) is 12.7 Å². The molecule has 0 aliphatic rings. The van der Waals surface area contributed by atoms with Crippen molar-refractivity contribution in [2.24, 2.45) is 0 Å². The summed E-state index contributed by atoms with van der Waals surface area (Å²) in [6.07, 6.45) is 3.56. The number of rotatable bonds is 4. The van der Waals surface area contributed by atoms with Crippen molar-refractivity contribution in [1.29, 1.82) is 0 Å². The van der Waals surface area contributed by atoms with E-state index in [0.29, 0.717) is 23.7 Å². The minimum atomic E-state index is -0.276. The van der Waals surface area contributed by atoms with E-state index in [1.54, 1.807) is 18.3 Å². The highest BCUT2D eigenvalue weighted by molar-refractivity contribution is 6.31. The summed E-state index contributed by atoms with van der Waals surface area (Å²) in [5.41, 5.74) is 2.77. The molecule has 0 atom stereocenters. The molecule has 1 aromatic carbocycles. The van der Waals surface area contributed by atoms with Crippen LogP contribution in [0.15, 0.2) is 36.7 Å². The standard InChI is InChI=1S/C14H14ClFN2/c1-10-7-17-6-5-11(10)8-18-9-12-13(15)3-2-4-14(12)16/h2-7,18H,8-9H2,1H3. The highest BCUT2D eigenvalue weighted by Crippen LogP contribution is 2.18. The van der Waals surface area contributed by atoms with Gasteiger partial charge in [-0.1, -0.05) is 17.7 Å². The molecule has 2 aromatic rings. The van der Waals surface area contributed by atoms with Crippen LogP contribution in [0.2, 0.25) is 5.02 Å². The second kappa shape index (κ2) is 5.94. The summed E-state index contributed by atoms with van der Waals surface area (Å²) >= 11 is 5.95. The molecule has 0 amide bonds. The van der Waals surface area contributed by atoms with Gasteiger partial charge < -0.3 is 5.32 Å². The zero-order valence-corrected chi connectivity index (χ0v) is 10.8. The first-order valence-corrected chi connectivity index (χ1v) is 6.09. The normalized spacial score (nSPS) is 10.6. The predicted octanol–water partition coefficient (Wildman–Crippen LogP) is 3.47. The molecule has 1 aromatic heterocycles. The topological polar surface area (TPSA) is 24.9 Å². The zero-order valence-electron chi connectivity index (χ0n) is 10.1. The number of halogens is 2. The molecule has 1 N–H and O–H groups in total. The minimum Gasteiger partial charge on any atom is -0.308 e. The number of benzene rings is 1. The summed E-state index contributed by atoms with van der Waals surface area (Å²) in [4.78, 5) is 4.03. The third-order valence-corrected chi connectivity index (χ3v) is 3.17. The fraction of sp³-hybridized carbons (Fsp3) is 0.214. The van der Waals surface area contributed by atoms with Crippen LogP contribution in [0.1, 0.15) is 16.7 Å². The van der Waals surface area contributed by atoms with Crippen molar-refractivity contribution in [2.75, 3.05) is 0 Å². The van der Waals surface area contributed by atoms with Gasteiger partial charge in [-0.3, -0.25) is 4.98 Å². The van der Waals surface area contributed by atoms with Crippen LogP contribution in [-0.4, -0.2) is 4.98 Å². The molecule has 0 spiro atoms. The molecule has 0 aliphatic carbocycles. The van der Waals surface area contributed by atoms with Gasteiger partial charge in [0.2, 0.25) is 0 Å². The van der Waals surface area contributed by atoms with E-state index in [9.17, 15) is 4.39 Å². The fourth-order valence-electron chi connectivity index (χ4n) is 1.72. The molecule has 1 heterocycles. The van der Waals surface area contributed by atoms with E-state index in [4.69, 9.17) is 11.6 Å². The number of nitrogens with one attached hydrogen (secondary N) is 1. The summed E-state index contributed by atoms with van der Waals surface area (Å²) in [5.74, 6) is -0.276. The van der Waals surface area contributed by atoms with Gasteiger partial charge in [-0.15, -0.1) is 0 Å². The fourth-order valence-corrected chi connectivity index (χ4v) is 1.95. The maximum absolute atomic E-state index is 13.5. The monoisotopic (exact) mass is 264 g/mol. The molecule has 2 nitrogen and oxygen atoms in total. The molecule has 0 fully saturated rings. The van der Waals surface area contributed by atoms with Crippen LogP contribution in [0.5, 0.6) is 0 Å². The lowest BCUT2D eigenvalue weighted by Gasteiger charge is -2.09. The molecule has 0 unspecified atom stereocenters. The molecular formula is C14H14ClFN2. The number of aryl methyl sites for hydroxylation is 1. The number of hydrogen-bond donors (Lipinski definition) is 1. The molecule has 4 heteroatoms. The van der Waals surface area contributed by atoms with Crippen molar-refractivity contribution in [1.82, 2.24) is 10.3 Å². The predicted molar refractivity (Wildman–Crippen MR) is 70.9 cm³/mol. The SMILES string of the molecule is Cc1cnccc1CNCc1c(F)cccc1Cl. The Bertz CT molecular complexity index is 523. The van der Waals surface area contributed by atoms with Gasteiger partial charge in [0.05, 0.1) is 0 Å². The Kier molecular flexibility index (Phi) is 4.28. The number of pyridine rings is 1. The van der Waals surface area contributed by atoms with Gasteiger partial charge in [0.25, 0.3) is 0 Å². The smallest absolute Gasteiger partial charge is 0.129 e. The van der Waals surface area contributed by atoms with Crippen molar-refractivity contribution in [3.8, 4) is 0 Å². The van der Waals surface area contributed by atoms with Crippen molar-refractivity contribution >= 4 is 11.6 Å². The Morgan fingerprint density at radius 2 is 2.11 bits per heavy atom. The average Bonchev–Trinajstić information content (AvgIpc) is 2.35. The van der Waals surface area contributed by atoms with Crippen molar-refractivity contribution in [3.05, 3.63) is 64.2 Å². The van der Waals surface area contributed by atoms with Gasteiger partial charge in [0, 0.05) is 36.1 Å². The van der Waals surface area contributed by atoms with Gasteiger partial charge in [0.15, 0.2) is 0 Å². The Morgan fingerprint density at radius 3 is 2.83 bits per heavy atom. The molecule has 0 radical (unpaired) electrons. The first-order valence-electron chi connectivity index (χ1n) is 5.71. The van der Waals surface area contributed by atoms with Crippen molar-refractivity contribution in [2.45, 2.75) is 20.0 Å². The lowest BCUT2D eigenvalue weighted by Crippen LogP contribution is -2.15. The first kappa shape index (κ1) is 13.0. The molecule has 0 saturated heterocycles. The van der Waals surface area contributed by atoms with E-state index in [2.05, 4.69) is 10.3 Å². The quantitative estimate of drug-likeness (QED) is 0.915. The molecule has 2 rings (SSSR count). The van der Waals surface area contributed by atoms with Gasteiger partial charge in [-0.05, 0) is 36.2 Å². The van der Waals surface area contributed by atoms with Gasteiger partial charge >= 0.3 is 0 Å². The van der Waals surface area contributed by atoms with E-state index >= 15 is 0 Å². The van der Waals surface area contributed by atoms with E-state index in [1.165, 1.54) is 6.07 Å². The van der Waals surface area contributed by atoms with Gasteiger partial charge in [0.1, 0.15) is 5.82 Å². The van der Waals surface area contributed by atoms with Crippen molar-refractivity contribution in [3.63, 3.8) is 0 Å². The van der Waals surface area contributed by atoms with Crippen LogP contribution < -0.4 is 5.32 Å². The maximum atomic E-state index is 13.5. The Hall–Kier alpha value is -1.45. The summed E-state index contributed by atoms with van der Waals surface area (Å²) in [6, 6.07) is 6.67. The molecule has 0 bridgehead atoms. The second-order valence-corrected chi connectivity index (χ2v) is 4.51. The van der Waals surface area contributed by atoms with E-state index in [1.807, 2.05) is 19.2 Å². The van der Waals surface area contributed by atoms with E-state index in [-0.39, 0.29) is 5.82 Å². The average molecular weight is 265 g/mol. The lowest BCUT2D eigenvalue weighted by molar-refractivity contribution is 0.587. The van der Waals surface area contributed by atoms with E-state index in [0.717, 1.165) is 11.1 Å². The first-order chi connectivity index (χ1) is 8.68. The summed E-state index contributed by atoms with van der Waals surface area (Å²) in [6.45, 7) is 3.08. The van der Waals surface area contributed by atoms with E-state index < -0.39 is 0 Å². The molecule has 94 valence electrons. The van der Waals surface area contributed by atoms with Crippen LogP contribution in [0.3, 0.4) is 0 Å². The van der Waals surface area contributed by atoms with Gasteiger partial charge in [-0.25, -0.2) is 4.39 Å². The van der Waals surface area contributed by atoms with Crippen LogP contribution >= 0.6 is 11.6 Å². The third-order valence-electron chi connectivity index (χ3n) is 2.82. The molecule has 18 heavy (non-hydrogen) atoms. The third kappa shape index (κ3) is 3.06. The molecule has 0 aliphatic heterocycles. The highest BCUT2D eigenvalue weighted by atomic mass is 35.5. The van der Waals surface area contributed by atoms with Gasteiger partial charge in [-0.2, -0.15) is 0 Å². The van der Waals surface area contributed by atoms with Crippen LogP contribution in [0.4, 0.5) is 4.39 Å². The molecule has 0 saturated carbocycles. The lowest BCUT2D eigenvalue weighted by atomic mass is 10.1. The largest absolute Gasteiger partial charge is 0.308 e.